The summed E-state index contributed by atoms with van der Waals surface area (Å²) in [4.78, 5) is 0. The highest BCUT2D eigenvalue weighted by atomic mass is 79.9. The van der Waals surface area contributed by atoms with Crippen molar-refractivity contribution >= 4 is 15.9 Å². The molecule has 1 aromatic heterocycles. The average Bonchev–Trinajstić information content (AvgIpc) is 2.69. The molecule has 96 valence electrons. The summed E-state index contributed by atoms with van der Waals surface area (Å²) in [5.74, 6) is 2.66. The molecule has 1 heterocycles. The minimum absolute atomic E-state index is 0.442. The Morgan fingerprint density at radius 1 is 1.28 bits per heavy atom. The monoisotopic (exact) mass is 309 g/mol. The zero-order valence-corrected chi connectivity index (χ0v) is 12.4. The molecule has 0 radical (unpaired) electrons. The highest BCUT2D eigenvalue weighted by Crippen LogP contribution is 2.22. The van der Waals surface area contributed by atoms with Crippen molar-refractivity contribution in [3.63, 3.8) is 0 Å². The van der Waals surface area contributed by atoms with Crippen molar-refractivity contribution in [2.45, 2.75) is 33.9 Å². The summed E-state index contributed by atoms with van der Waals surface area (Å²) < 4.78 is 8.89. The fourth-order valence-electron chi connectivity index (χ4n) is 1.86. The molecule has 0 N–H and O–H groups in total. The van der Waals surface area contributed by atoms with E-state index in [1.165, 1.54) is 0 Å². The number of benzene rings is 1. The molecule has 0 aliphatic carbocycles. The van der Waals surface area contributed by atoms with Crippen LogP contribution in [0.3, 0.4) is 0 Å². The van der Waals surface area contributed by atoms with Gasteiger partial charge in [0.2, 0.25) is 0 Å². The topological polar surface area (TPSA) is 39.9 Å². The second-order valence-corrected chi connectivity index (χ2v) is 5.02. The lowest BCUT2D eigenvalue weighted by Gasteiger charge is -2.10. The molecule has 4 nitrogen and oxygen atoms in total. The lowest BCUT2D eigenvalue weighted by atomic mass is 10.2. The van der Waals surface area contributed by atoms with Crippen LogP contribution in [0.4, 0.5) is 0 Å². The van der Waals surface area contributed by atoms with Crippen LogP contribution >= 0.6 is 15.9 Å². The molecule has 0 unspecified atom stereocenters. The van der Waals surface area contributed by atoms with E-state index in [2.05, 4.69) is 33.1 Å². The molecule has 18 heavy (non-hydrogen) atoms. The number of hydrogen-bond acceptors (Lipinski definition) is 3. The van der Waals surface area contributed by atoms with Gasteiger partial charge in [-0.25, -0.2) is 0 Å². The molecule has 5 heteroatoms. The molecular formula is C13H16BrN3O. The Morgan fingerprint density at radius 2 is 2.06 bits per heavy atom. The van der Waals surface area contributed by atoms with Gasteiger partial charge in [0.25, 0.3) is 0 Å². The molecular weight excluding hydrogens is 294 g/mol. The van der Waals surface area contributed by atoms with Crippen molar-refractivity contribution in [2.24, 2.45) is 0 Å². The Hall–Kier alpha value is -1.36. The maximum Gasteiger partial charge on any atom is 0.171 e. The van der Waals surface area contributed by atoms with Crippen molar-refractivity contribution in [3.05, 3.63) is 39.9 Å². The summed E-state index contributed by atoms with van der Waals surface area (Å²) in [5.41, 5.74) is 1.10. The van der Waals surface area contributed by atoms with E-state index in [9.17, 15) is 0 Å². The van der Waals surface area contributed by atoms with Crippen LogP contribution in [0.2, 0.25) is 0 Å². The van der Waals surface area contributed by atoms with Crippen LogP contribution in [0.15, 0.2) is 22.7 Å². The van der Waals surface area contributed by atoms with Crippen molar-refractivity contribution in [1.29, 1.82) is 0 Å². The summed E-state index contributed by atoms with van der Waals surface area (Å²) in [5, 5.41) is 8.19. The highest BCUT2D eigenvalue weighted by Gasteiger charge is 2.08. The lowest BCUT2D eigenvalue weighted by molar-refractivity contribution is 0.287. The van der Waals surface area contributed by atoms with Crippen LogP contribution in [0.1, 0.15) is 24.1 Å². The number of ether oxygens (including phenoxy) is 1. The van der Waals surface area contributed by atoms with E-state index in [1.807, 2.05) is 36.6 Å². The van der Waals surface area contributed by atoms with Crippen molar-refractivity contribution < 1.29 is 4.74 Å². The summed E-state index contributed by atoms with van der Waals surface area (Å²) in [6.45, 7) is 7.35. The molecule has 1 aromatic carbocycles. The first kappa shape index (κ1) is 13.1. The fraction of sp³-hybridized carbons (Fsp3) is 0.385. The largest absolute Gasteiger partial charge is 0.485 e. The molecule has 0 spiro atoms. The molecule has 0 aliphatic rings. The lowest BCUT2D eigenvalue weighted by Crippen LogP contribution is -2.07. The van der Waals surface area contributed by atoms with E-state index in [-0.39, 0.29) is 0 Å². The molecule has 0 fully saturated rings. The van der Waals surface area contributed by atoms with E-state index in [4.69, 9.17) is 4.74 Å². The third-order valence-corrected chi connectivity index (χ3v) is 3.32. The van der Waals surface area contributed by atoms with Gasteiger partial charge < -0.3 is 9.30 Å². The van der Waals surface area contributed by atoms with Crippen molar-refractivity contribution in [1.82, 2.24) is 14.8 Å². The first-order chi connectivity index (χ1) is 8.61. The minimum atomic E-state index is 0.442. The molecule has 0 bridgehead atoms. The fourth-order valence-corrected chi connectivity index (χ4v) is 2.34. The quantitative estimate of drug-likeness (QED) is 0.870. The minimum Gasteiger partial charge on any atom is -0.485 e. The van der Waals surface area contributed by atoms with E-state index in [0.717, 1.165) is 34.0 Å². The van der Waals surface area contributed by atoms with Crippen LogP contribution in [-0.2, 0) is 13.2 Å². The number of rotatable bonds is 4. The van der Waals surface area contributed by atoms with Gasteiger partial charge in [-0.3, -0.25) is 0 Å². The van der Waals surface area contributed by atoms with Gasteiger partial charge in [-0.1, -0.05) is 15.9 Å². The van der Waals surface area contributed by atoms with Crippen LogP contribution < -0.4 is 4.74 Å². The highest BCUT2D eigenvalue weighted by molar-refractivity contribution is 9.10. The van der Waals surface area contributed by atoms with Crippen molar-refractivity contribution in [3.8, 4) is 5.75 Å². The Bertz CT molecular complexity index is 551. The Kier molecular flexibility index (Phi) is 4.01. The smallest absolute Gasteiger partial charge is 0.171 e. The summed E-state index contributed by atoms with van der Waals surface area (Å²) in [6.07, 6.45) is 0. The molecule has 0 amide bonds. The van der Waals surface area contributed by atoms with Crippen LogP contribution in [0, 0.1) is 13.8 Å². The predicted octanol–water partition coefficient (Wildman–Crippen LogP) is 3.26. The summed E-state index contributed by atoms with van der Waals surface area (Å²) in [7, 11) is 0. The SMILES string of the molecule is CCn1c(C)nnc1COc1ccc(Br)cc1C. The third-order valence-electron chi connectivity index (χ3n) is 2.82. The second-order valence-electron chi connectivity index (χ2n) is 4.11. The molecule has 0 aliphatic heterocycles. The molecule has 2 aromatic rings. The zero-order chi connectivity index (χ0) is 13.1. The predicted molar refractivity (Wildman–Crippen MR) is 73.6 cm³/mol. The molecule has 0 saturated carbocycles. The van der Waals surface area contributed by atoms with E-state index in [0.29, 0.717) is 6.61 Å². The number of aryl methyl sites for hydroxylation is 2. The van der Waals surface area contributed by atoms with Gasteiger partial charge in [0.05, 0.1) is 0 Å². The number of nitrogens with zero attached hydrogens (tertiary/aromatic N) is 3. The normalized spacial score (nSPS) is 10.7. The average molecular weight is 310 g/mol. The van der Waals surface area contributed by atoms with Gasteiger partial charge in [-0.15, -0.1) is 10.2 Å². The molecule has 2 rings (SSSR count). The van der Waals surface area contributed by atoms with Gasteiger partial charge in [-0.05, 0) is 44.5 Å². The van der Waals surface area contributed by atoms with E-state index < -0.39 is 0 Å². The molecule has 0 saturated heterocycles. The van der Waals surface area contributed by atoms with Crippen molar-refractivity contribution in [2.75, 3.05) is 0 Å². The first-order valence-corrected chi connectivity index (χ1v) is 6.68. The van der Waals surface area contributed by atoms with Gasteiger partial charge in [-0.2, -0.15) is 0 Å². The maximum absolute atomic E-state index is 5.79. The maximum atomic E-state index is 5.79. The molecule has 0 atom stereocenters. The first-order valence-electron chi connectivity index (χ1n) is 5.89. The van der Waals surface area contributed by atoms with Crippen LogP contribution in [-0.4, -0.2) is 14.8 Å². The van der Waals surface area contributed by atoms with Crippen LogP contribution in [0.5, 0.6) is 5.75 Å². The van der Waals surface area contributed by atoms with Gasteiger partial charge >= 0.3 is 0 Å². The third kappa shape index (κ3) is 2.72. The zero-order valence-electron chi connectivity index (χ0n) is 10.8. The Balaban J connectivity index is 2.11. The van der Waals surface area contributed by atoms with E-state index >= 15 is 0 Å². The Labute approximate surface area is 115 Å². The number of halogens is 1. The van der Waals surface area contributed by atoms with E-state index in [1.54, 1.807) is 0 Å². The van der Waals surface area contributed by atoms with Gasteiger partial charge in [0.15, 0.2) is 5.82 Å². The van der Waals surface area contributed by atoms with Gasteiger partial charge in [0.1, 0.15) is 18.2 Å². The Morgan fingerprint density at radius 3 is 2.72 bits per heavy atom. The summed E-state index contributed by atoms with van der Waals surface area (Å²) >= 11 is 3.44. The van der Waals surface area contributed by atoms with Gasteiger partial charge in [0, 0.05) is 11.0 Å². The standard InChI is InChI=1S/C13H16BrN3O/c1-4-17-10(3)15-16-13(17)8-18-12-6-5-11(14)7-9(12)2/h5-7H,4,8H2,1-3H3. The van der Waals surface area contributed by atoms with Crippen LogP contribution in [0.25, 0.3) is 0 Å². The number of hydrogen-bond donors (Lipinski definition) is 0. The summed E-state index contributed by atoms with van der Waals surface area (Å²) in [6, 6.07) is 5.96. The second kappa shape index (κ2) is 5.52. The number of aromatic nitrogens is 3.